The van der Waals surface area contributed by atoms with Crippen LogP contribution in [0.25, 0.3) is 11.0 Å². The van der Waals surface area contributed by atoms with E-state index in [2.05, 4.69) is 0 Å². The van der Waals surface area contributed by atoms with Crippen LogP contribution in [0.3, 0.4) is 0 Å². The first-order valence-corrected chi connectivity index (χ1v) is 10.1. The summed E-state index contributed by atoms with van der Waals surface area (Å²) in [6, 6.07) is 12.3. The molecule has 0 radical (unpaired) electrons. The molecule has 4 aromatic rings. The van der Waals surface area contributed by atoms with Crippen LogP contribution in [0.4, 0.5) is 10.1 Å². The lowest BCUT2D eigenvalue weighted by molar-refractivity contribution is -0.117. The molecule has 1 N–H and O–H groups in total. The third kappa shape index (κ3) is 3.27. The number of fused-ring (bicyclic) bond motifs is 1. The second-order valence-corrected chi connectivity index (χ2v) is 7.68. The number of hydrogen-bond acceptors (Lipinski definition) is 6. The molecule has 0 saturated carbocycles. The van der Waals surface area contributed by atoms with Gasteiger partial charge < -0.3 is 18.7 Å². The number of carbonyl (C=O) groups is 2. The second-order valence-electron chi connectivity index (χ2n) is 7.27. The van der Waals surface area contributed by atoms with Crippen molar-refractivity contribution in [3.05, 3.63) is 94.6 Å². The van der Waals surface area contributed by atoms with Gasteiger partial charge in [0.05, 0.1) is 24.0 Å². The average molecular weight is 468 g/mol. The van der Waals surface area contributed by atoms with Gasteiger partial charge in [0.2, 0.25) is 5.78 Å². The molecule has 0 fully saturated rings. The topological polar surface area (TPSA) is 93.1 Å². The number of ketones is 1. The summed E-state index contributed by atoms with van der Waals surface area (Å²) in [6.45, 7) is 0. The number of para-hydroxylation sites is 1. The number of hydrogen-bond donors (Lipinski definition) is 1. The molecule has 2 aromatic heterocycles. The lowest BCUT2D eigenvalue weighted by Gasteiger charge is -2.25. The Labute approximate surface area is 191 Å². The standard InChI is InChI=1S/C24H15ClFNO6/c1-31-17-5-2-4-12-10-18(33-23(12)17)21(28)19-20(16-6-3-9-32-16)27(24(30)22(19)29)13-7-8-15(26)14(25)11-13/h2-11,20,29H,1H3. The fourth-order valence-electron chi connectivity index (χ4n) is 3.90. The first-order chi connectivity index (χ1) is 15.9. The van der Waals surface area contributed by atoms with E-state index in [1.165, 1.54) is 31.6 Å². The zero-order chi connectivity index (χ0) is 23.3. The fraction of sp³-hybridized carbons (Fsp3) is 0.0833. The van der Waals surface area contributed by atoms with Crippen LogP contribution >= 0.6 is 11.6 Å². The lowest BCUT2D eigenvalue weighted by Crippen LogP contribution is -2.30. The summed E-state index contributed by atoms with van der Waals surface area (Å²) in [5.41, 5.74) is 0.284. The van der Waals surface area contributed by atoms with Gasteiger partial charge in [0.1, 0.15) is 17.6 Å². The quantitative estimate of drug-likeness (QED) is 0.383. The van der Waals surface area contributed by atoms with Gasteiger partial charge in [0, 0.05) is 11.1 Å². The Morgan fingerprint density at radius 2 is 2.00 bits per heavy atom. The van der Waals surface area contributed by atoms with E-state index in [0.29, 0.717) is 16.7 Å². The van der Waals surface area contributed by atoms with E-state index in [9.17, 15) is 19.1 Å². The average Bonchev–Trinajstić information content (AvgIpc) is 3.54. The van der Waals surface area contributed by atoms with Crippen LogP contribution in [0.5, 0.6) is 5.75 Å². The first kappa shape index (κ1) is 20.8. The number of rotatable bonds is 5. The van der Waals surface area contributed by atoms with Crippen molar-refractivity contribution in [3.63, 3.8) is 0 Å². The van der Waals surface area contributed by atoms with Crippen molar-refractivity contribution in [3.8, 4) is 5.75 Å². The summed E-state index contributed by atoms with van der Waals surface area (Å²) in [6.07, 6.45) is 1.37. The summed E-state index contributed by atoms with van der Waals surface area (Å²) in [5.74, 6) is -2.48. The molecule has 0 saturated heterocycles. The molecule has 1 aliphatic rings. The molecule has 1 unspecified atom stereocenters. The number of nitrogens with zero attached hydrogens (tertiary/aromatic N) is 1. The molecule has 1 aliphatic heterocycles. The van der Waals surface area contributed by atoms with E-state index >= 15 is 0 Å². The van der Waals surface area contributed by atoms with Crippen molar-refractivity contribution in [1.29, 1.82) is 0 Å². The van der Waals surface area contributed by atoms with Crippen molar-refractivity contribution >= 4 is 39.9 Å². The van der Waals surface area contributed by atoms with E-state index in [4.69, 9.17) is 25.2 Å². The van der Waals surface area contributed by atoms with Crippen LogP contribution in [0.2, 0.25) is 5.02 Å². The SMILES string of the molecule is COc1cccc2cc(C(=O)C3=C(O)C(=O)N(c4ccc(F)c(Cl)c4)C3c3ccco3)oc12. The maximum absolute atomic E-state index is 13.7. The van der Waals surface area contributed by atoms with Gasteiger partial charge in [-0.05, 0) is 42.5 Å². The van der Waals surface area contributed by atoms with E-state index in [0.717, 1.165) is 11.0 Å². The maximum Gasteiger partial charge on any atom is 0.294 e. The minimum atomic E-state index is -1.13. The molecule has 7 nitrogen and oxygen atoms in total. The van der Waals surface area contributed by atoms with E-state index in [1.54, 1.807) is 30.3 Å². The molecule has 9 heteroatoms. The summed E-state index contributed by atoms with van der Waals surface area (Å²) >= 11 is 5.91. The number of halogens is 2. The molecule has 3 heterocycles. The molecular formula is C24H15ClFNO6. The highest BCUT2D eigenvalue weighted by atomic mass is 35.5. The maximum atomic E-state index is 13.7. The van der Waals surface area contributed by atoms with Gasteiger partial charge in [-0.25, -0.2) is 4.39 Å². The van der Waals surface area contributed by atoms with Gasteiger partial charge in [-0.15, -0.1) is 0 Å². The summed E-state index contributed by atoms with van der Waals surface area (Å²) in [7, 11) is 1.47. The Morgan fingerprint density at radius 1 is 1.18 bits per heavy atom. The van der Waals surface area contributed by atoms with Crippen molar-refractivity contribution in [2.45, 2.75) is 6.04 Å². The number of benzene rings is 2. The number of Topliss-reactive ketones (excluding diaryl/α,β-unsaturated/α-hetero) is 1. The highest BCUT2D eigenvalue weighted by Gasteiger charge is 2.47. The normalized spacial score (nSPS) is 16.2. The minimum Gasteiger partial charge on any atom is -0.503 e. The number of aliphatic hydroxyl groups excluding tert-OH is 1. The van der Waals surface area contributed by atoms with Crippen molar-refractivity contribution in [1.82, 2.24) is 0 Å². The van der Waals surface area contributed by atoms with E-state index in [1.807, 2.05) is 0 Å². The van der Waals surface area contributed by atoms with Crippen LogP contribution in [-0.2, 0) is 4.79 Å². The van der Waals surface area contributed by atoms with Gasteiger partial charge >= 0.3 is 0 Å². The Hall–Kier alpha value is -4.04. The van der Waals surface area contributed by atoms with E-state index < -0.39 is 29.3 Å². The summed E-state index contributed by atoms with van der Waals surface area (Å²) in [4.78, 5) is 27.7. The Balaban J connectivity index is 1.64. The first-order valence-electron chi connectivity index (χ1n) is 9.77. The van der Waals surface area contributed by atoms with Crippen molar-refractivity contribution in [2.24, 2.45) is 0 Å². The molecule has 166 valence electrons. The molecule has 5 rings (SSSR count). The van der Waals surface area contributed by atoms with Gasteiger partial charge in [0.25, 0.3) is 5.91 Å². The van der Waals surface area contributed by atoms with Gasteiger partial charge in [-0.3, -0.25) is 14.5 Å². The minimum absolute atomic E-state index is 0.0978. The predicted molar refractivity (Wildman–Crippen MR) is 117 cm³/mol. The van der Waals surface area contributed by atoms with Gasteiger partial charge in [-0.1, -0.05) is 23.7 Å². The highest BCUT2D eigenvalue weighted by Crippen LogP contribution is 2.43. The Kier molecular flexibility index (Phi) is 4.94. The number of furan rings is 2. The number of amides is 1. The molecule has 1 amide bonds. The van der Waals surface area contributed by atoms with Crippen LogP contribution in [0.1, 0.15) is 22.4 Å². The molecule has 2 aromatic carbocycles. The van der Waals surface area contributed by atoms with Crippen LogP contribution in [-0.4, -0.2) is 23.9 Å². The third-order valence-corrected chi connectivity index (χ3v) is 5.69. The number of aliphatic hydroxyl groups is 1. The van der Waals surface area contributed by atoms with Crippen LogP contribution in [0, 0.1) is 5.82 Å². The van der Waals surface area contributed by atoms with Crippen LogP contribution < -0.4 is 9.64 Å². The zero-order valence-corrected chi connectivity index (χ0v) is 17.8. The number of anilines is 1. The van der Waals surface area contributed by atoms with Crippen LogP contribution in [0.15, 0.2) is 81.0 Å². The molecular weight excluding hydrogens is 453 g/mol. The zero-order valence-electron chi connectivity index (χ0n) is 17.0. The molecule has 33 heavy (non-hydrogen) atoms. The Bertz CT molecular complexity index is 1440. The monoisotopic (exact) mass is 467 g/mol. The summed E-state index contributed by atoms with van der Waals surface area (Å²) in [5, 5.41) is 11.1. The smallest absolute Gasteiger partial charge is 0.294 e. The number of carbonyl (C=O) groups excluding carboxylic acids is 2. The number of ether oxygens (including phenoxy) is 1. The van der Waals surface area contributed by atoms with Crippen molar-refractivity contribution in [2.75, 3.05) is 12.0 Å². The van der Waals surface area contributed by atoms with Gasteiger partial charge in [-0.2, -0.15) is 0 Å². The summed E-state index contributed by atoms with van der Waals surface area (Å²) < 4.78 is 30.2. The van der Waals surface area contributed by atoms with Gasteiger partial charge in [0.15, 0.2) is 22.9 Å². The fourth-order valence-corrected chi connectivity index (χ4v) is 4.07. The highest BCUT2D eigenvalue weighted by molar-refractivity contribution is 6.31. The third-order valence-electron chi connectivity index (χ3n) is 5.40. The second kappa shape index (κ2) is 7.83. The largest absolute Gasteiger partial charge is 0.503 e. The molecule has 0 spiro atoms. The molecule has 0 bridgehead atoms. The molecule has 0 aliphatic carbocycles. The molecule has 1 atom stereocenters. The predicted octanol–water partition coefficient (Wildman–Crippen LogP) is 5.61. The lowest BCUT2D eigenvalue weighted by atomic mass is 9.99. The Morgan fingerprint density at radius 3 is 2.70 bits per heavy atom. The van der Waals surface area contributed by atoms with Crippen molar-refractivity contribution < 1.29 is 32.7 Å². The number of methoxy groups -OCH3 is 1. The van der Waals surface area contributed by atoms with E-state index in [-0.39, 0.29) is 27.8 Å².